The summed E-state index contributed by atoms with van der Waals surface area (Å²) in [5.41, 5.74) is 1.23. The molecule has 1 aromatic carbocycles. The molecule has 3 rings (SSSR count). The summed E-state index contributed by atoms with van der Waals surface area (Å²) in [6.45, 7) is 1.65. The van der Waals surface area contributed by atoms with Crippen molar-refractivity contribution in [1.82, 2.24) is 14.9 Å². The number of rotatable bonds is 5. The van der Waals surface area contributed by atoms with Gasteiger partial charge < -0.3 is 14.6 Å². The first kappa shape index (κ1) is 15.0. The Morgan fingerprint density at radius 3 is 3.00 bits per heavy atom. The quantitative estimate of drug-likeness (QED) is 0.922. The summed E-state index contributed by atoms with van der Waals surface area (Å²) in [6.07, 6.45) is 10.4. The monoisotopic (exact) mass is 297 g/mol. The summed E-state index contributed by atoms with van der Waals surface area (Å²) in [6, 6.07) is 10.7. The molecule has 116 valence electrons. The number of imidazole rings is 1. The van der Waals surface area contributed by atoms with Gasteiger partial charge in [-0.15, -0.1) is 0 Å². The highest BCUT2D eigenvalue weighted by Gasteiger charge is 2.29. The lowest BCUT2D eigenvalue weighted by atomic mass is 10.0. The lowest BCUT2D eigenvalue weighted by Crippen LogP contribution is -2.40. The average Bonchev–Trinajstić information content (AvgIpc) is 2.99. The maximum Gasteiger partial charge on any atom is 0.139 e. The number of hydrogen-bond donors (Lipinski definition) is 1. The number of hydrogen-bond acceptors (Lipinski definition) is 3. The van der Waals surface area contributed by atoms with Crippen molar-refractivity contribution in [2.45, 2.75) is 25.0 Å². The predicted octanol–water partition coefficient (Wildman–Crippen LogP) is 2.94. The van der Waals surface area contributed by atoms with E-state index in [1.165, 1.54) is 5.56 Å². The maximum absolute atomic E-state index is 5.96. The second kappa shape index (κ2) is 7.38. The molecule has 1 fully saturated rings. The third kappa shape index (κ3) is 3.64. The molecule has 0 aliphatic carbocycles. The van der Waals surface area contributed by atoms with Gasteiger partial charge in [-0.05, 0) is 18.4 Å². The van der Waals surface area contributed by atoms with Gasteiger partial charge in [0.25, 0.3) is 0 Å². The molecule has 1 N–H and O–H groups in total. The molecule has 2 aromatic rings. The number of nitrogens with zero attached hydrogens (tertiary/aromatic N) is 2. The van der Waals surface area contributed by atoms with Gasteiger partial charge in [0.1, 0.15) is 11.9 Å². The molecule has 4 heteroatoms. The summed E-state index contributed by atoms with van der Waals surface area (Å²) in [4.78, 5) is 4.45. The molecule has 1 saturated heterocycles. The van der Waals surface area contributed by atoms with E-state index in [1.807, 2.05) is 30.1 Å². The summed E-state index contributed by atoms with van der Waals surface area (Å²) in [5, 5.41) is 3.59. The van der Waals surface area contributed by atoms with Gasteiger partial charge in [0, 0.05) is 38.6 Å². The molecule has 0 radical (unpaired) electrons. The van der Waals surface area contributed by atoms with Gasteiger partial charge in [0.05, 0.1) is 0 Å². The van der Waals surface area contributed by atoms with Crippen molar-refractivity contribution in [3.8, 4) is 0 Å². The van der Waals surface area contributed by atoms with E-state index in [1.54, 1.807) is 0 Å². The van der Waals surface area contributed by atoms with Gasteiger partial charge in [0.2, 0.25) is 0 Å². The Morgan fingerprint density at radius 2 is 2.23 bits per heavy atom. The minimum absolute atomic E-state index is 0.0406. The van der Waals surface area contributed by atoms with Gasteiger partial charge in [-0.25, -0.2) is 4.98 Å². The number of ether oxygens (including phenoxy) is 1. The maximum atomic E-state index is 5.96. The normalized spacial score (nSPS) is 22.2. The first-order chi connectivity index (χ1) is 10.8. The van der Waals surface area contributed by atoms with Crippen LogP contribution in [0.3, 0.4) is 0 Å². The van der Waals surface area contributed by atoms with Crippen LogP contribution in [0.25, 0.3) is 6.08 Å². The van der Waals surface area contributed by atoms with Crippen molar-refractivity contribution in [2.24, 2.45) is 7.05 Å². The largest absolute Gasteiger partial charge is 0.369 e. The third-order valence-corrected chi connectivity index (χ3v) is 4.04. The number of aromatic nitrogens is 2. The zero-order valence-corrected chi connectivity index (χ0v) is 13.0. The molecule has 0 bridgehead atoms. The van der Waals surface area contributed by atoms with Crippen molar-refractivity contribution in [2.75, 3.05) is 13.2 Å². The summed E-state index contributed by atoms with van der Waals surface area (Å²) in [7, 11) is 2.02. The molecule has 1 aliphatic heterocycles. The number of aryl methyl sites for hydroxylation is 1. The lowest BCUT2D eigenvalue weighted by molar-refractivity contribution is -0.0163. The smallest absolute Gasteiger partial charge is 0.139 e. The Morgan fingerprint density at radius 1 is 1.36 bits per heavy atom. The van der Waals surface area contributed by atoms with Crippen molar-refractivity contribution in [3.63, 3.8) is 0 Å². The molecule has 1 aliphatic rings. The van der Waals surface area contributed by atoms with Gasteiger partial charge in [-0.1, -0.05) is 42.5 Å². The van der Waals surface area contributed by atoms with Crippen molar-refractivity contribution in [3.05, 3.63) is 60.2 Å². The Kier molecular flexibility index (Phi) is 5.03. The standard InChI is InChI=1S/C18H23N3O/c1-21-13-12-20-18(21)17-16(10-6-14-22-17)19-11-5-9-15-7-3-2-4-8-15/h2-5,7-9,12-13,16-17,19H,6,10-11,14H2,1H3/b9-5+/t16-,17-/m0/s1. The minimum atomic E-state index is 0.0406. The van der Waals surface area contributed by atoms with Gasteiger partial charge in [0.15, 0.2) is 0 Å². The molecular weight excluding hydrogens is 274 g/mol. The van der Waals surface area contributed by atoms with Gasteiger partial charge >= 0.3 is 0 Å². The zero-order valence-electron chi connectivity index (χ0n) is 13.0. The first-order valence-corrected chi connectivity index (χ1v) is 7.88. The predicted molar refractivity (Wildman–Crippen MR) is 88.4 cm³/mol. The van der Waals surface area contributed by atoms with Gasteiger partial charge in [-0.2, -0.15) is 0 Å². The molecule has 2 atom stereocenters. The summed E-state index contributed by atoms with van der Waals surface area (Å²) >= 11 is 0. The van der Waals surface area contributed by atoms with Crippen LogP contribution in [0.15, 0.2) is 48.8 Å². The van der Waals surface area contributed by atoms with Crippen LogP contribution in [-0.4, -0.2) is 28.7 Å². The Balaban J connectivity index is 1.58. The van der Waals surface area contributed by atoms with Crippen LogP contribution < -0.4 is 5.32 Å². The molecule has 0 saturated carbocycles. The van der Waals surface area contributed by atoms with Crippen molar-refractivity contribution in [1.29, 1.82) is 0 Å². The molecule has 1 aromatic heterocycles. The zero-order chi connectivity index (χ0) is 15.2. The van der Waals surface area contributed by atoms with E-state index in [9.17, 15) is 0 Å². The highest BCUT2D eigenvalue weighted by Crippen LogP contribution is 2.26. The molecule has 2 heterocycles. The van der Waals surface area contributed by atoms with Gasteiger partial charge in [-0.3, -0.25) is 0 Å². The Labute approximate surface area is 131 Å². The van der Waals surface area contributed by atoms with Crippen LogP contribution >= 0.6 is 0 Å². The van der Waals surface area contributed by atoms with Crippen molar-refractivity contribution < 1.29 is 4.74 Å². The van der Waals surface area contributed by atoms with E-state index in [4.69, 9.17) is 4.74 Å². The fraction of sp³-hybridized carbons (Fsp3) is 0.389. The Bertz CT molecular complexity index is 606. The molecule has 0 amide bonds. The van der Waals surface area contributed by atoms with E-state index in [-0.39, 0.29) is 6.10 Å². The number of benzene rings is 1. The average molecular weight is 297 g/mol. The molecular formula is C18H23N3O. The van der Waals surface area contributed by atoms with E-state index in [0.29, 0.717) is 6.04 Å². The van der Waals surface area contributed by atoms with Crippen molar-refractivity contribution >= 4 is 6.08 Å². The molecule has 22 heavy (non-hydrogen) atoms. The van der Waals surface area contributed by atoms with E-state index in [2.05, 4.69) is 46.7 Å². The minimum Gasteiger partial charge on any atom is -0.369 e. The lowest BCUT2D eigenvalue weighted by Gasteiger charge is -2.31. The highest BCUT2D eigenvalue weighted by atomic mass is 16.5. The van der Waals surface area contributed by atoms with E-state index in [0.717, 1.165) is 31.8 Å². The molecule has 0 unspecified atom stereocenters. The fourth-order valence-corrected chi connectivity index (χ4v) is 2.87. The first-order valence-electron chi connectivity index (χ1n) is 7.88. The second-order valence-corrected chi connectivity index (χ2v) is 5.66. The fourth-order valence-electron chi connectivity index (χ4n) is 2.87. The highest BCUT2D eigenvalue weighted by molar-refractivity contribution is 5.48. The van der Waals surface area contributed by atoms with Crippen LogP contribution in [0.4, 0.5) is 0 Å². The summed E-state index contributed by atoms with van der Waals surface area (Å²) in [5.74, 6) is 1.00. The van der Waals surface area contributed by atoms with Crippen LogP contribution in [0, 0.1) is 0 Å². The van der Waals surface area contributed by atoms with Crippen LogP contribution in [0.1, 0.15) is 30.3 Å². The topological polar surface area (TPSA) is 39.1 Å². The Hall–Kier alpha value is -1.91. The van der Waals surface area contributed by atoms with Crippen LogP contribution in [0.2, 0.25) is 0 Å². The number of nitrogens with one attached hydrogen (secondary N) is 1. The SMILES string of the molecule is Cn1ccnc1[C@H]1OCCC[C@@H]1NC/C=C/c1ccccc1. The second-order valence-electron chi connectivity index (χ2n) is 5.66. The van der Waals surface area contributed by atoms with E-state index >= 15 is 0 Å². The van der Waals surface area contributed by atoms with Crippen LogP contribution in [0.5, 0.6) is 0 Å². The molecule has 0 spiro atoms. The van der Waals surface area contributed by atoms with E-state index < -0.39 is 0 Å². The van der Waals surface area contributed by atoms with Crippen LogP contribution in [-0.2, 0) is 11.8 Å². The summed E-state index contributed by atoms with van der Waals surface area (Å²) < 4.78 is 8.01. The molecule has 4 nitrogen and oxygen atoms in total. The third-order valence-electron chi connectivity index (χ3n) is 4.04.